The molecule has 110 valence electrons. The van der Waals surface area contributed by atoms with Gasteiger partial charge in [-0.2, -0.15) is 0 Å². The van der Waals surface area contributed by atoms with Crippen molar-refractivity contribution in [2.45, 2.75) is 13.0 Å². The lowest BCUT2D eigenvalue weighted by Crippen LogP contribution is -2.10. The second kappa shape index (κ2) is 5.93. The van der Waals surface area contributed by atoms with Gasteiger partial charge in [0, 0.05) is 0 Å². The summed E-state index contributed by atoms with van der Waals surface area (Å²) in [6, 6.07) is 14.3. The van der Waals surface area contributed by atoms with Crippen LogP contribution in [0.1, 0.15) is 29.0 Å². The van der Waals surface area contributed by atoms with Gasteiger partial charge in [-0.25, -0.2) is 9.37 Å². The Bertz CT molecular complexity index is 793. The smallest absolute Gasteiger partial charge is 0.168 e. The molecule has 0 fully saturated rings. The van der Waals surface area contributed by atoms with Crippen LogP contribution in [0, 0.1) is 5.82 Å². The number of carbonyl (C=O) groups is 1. The molecule has 1 heterocycles. The molecule has 0 unspecified atom stereocenters. The van der Waals surface area contributed by atoms with E-state index in [0.29, 0.717) is 5.69 Å². The van der Waals surface area contributed by atoms with Gasteiger partial charge in [-0.05, 0) is 35.7 Å². The van der Waals surface area contributed by atoms with E-state index in [9.17, 15) is 9.18 Å². The fraction of sp³-hybridized carbons (Fsp3) is 0.111. The SMILES string of the molecule is C[C@@H](c1ccccc1-c1ccc(F)cc1)n1cncc1C=O. The number of aromatic nitrogens is 2. The van der Waals surface area contributed by atoms with Gasteiger partial charge in [-0.3, -0.25) is 4.79 Å². The van der Waals surface area contributed by atoms with E-state index in [2.05, 4.69) is 4.98 Å². The molecular weight excluding hydrogens is 279 g/mol. The zero-order chi connectivity index (χ0) is 15.5. The Morgan fingerprint density at radius 1 is 1.14 bits per heavy atom. The summed E-state index contributed by atoms with van der Waals surface area (Å²) in [5, 5.41) is 0. The highest BCUT2D eigenvalue weighted by molar-refractivity contribution is 5.72. The minimum Gasteiger partial charge on any atom is -0.321 e. The Kier molecular flexibility index (Phi) is 3.83. The molecule has 0 saturated heterocycles. The first kappa shape index (κ1) is 14.2. The second-order valence-corrected chi connectivity index (χ2v) is 5.11. The highest BCUT2D eigenvalue weighted by atomic mass is 19.1. The second-order valence-electron chi connectivity index (χ2n) is 5.11. The van der Waals surface area contributed by atoms with Crippen molar-refractivity contribution < 1.29 is 9.18 Å². The van der Waals surface area contributed by atoms with Gasteiger partial charge in [0.15, 0.2) is 6.29 Å². The van der Waals surface area contributed by atoms with Gasteiger partial charge in [0.05, 0.1) is 18.6 Å². The monoisotopic (exact) mass is 294 g/mol. The maximum atomic E-state index is 13.1. The molecule has 3 rings (SSSR count). The van der Waals surface area contributed by atoms with Crippen molar-refractivity contribution >= 4 is 6.29 Å². The summed E-state index contributed by atoms with van der Waals surface area (Å²) >= 11 is 0. The molecule has 0 N–H and O–H groups in total. The van der Waals surface area contributed by atoms with Gasteiger partial charge in [-0.1, -0.05) is 36.4 Å². The summed E-state index contributed by atoms with van der Waals surface area (Å²) in [6.45, 7) is 2.01. The molecule has 0 spiro atoms. The molecule has 2 aromatic carbocycles. The molecule has 0 aliphatic heterocycles. The number of rotatable bonds is 4. The Hall–Kier alpha value is -2.75. The number of hydrogen-bond donors (Lipinski definition) is 0. The van der Waals surface area contributed by atoms with Crippen LogP contribution >= 0.6 is 0 Å². The molecule has 3 aromatic rings. The van der Waals surface area contributed by atoms with Crippen molar-refractivity contribution in [2.75, 3.05) is 0 Å². The average molecular weight is 294 g/mol. The van der Waals surface area contributed by atoms with E-state index in [1.807, 2.05) is 35.8 Å². The molecule has 0 saturated carbocycles. The van der Waals surface area contributed by atoms with Crippen LogP contribution < -0.4 is 0 Å². The minimum absolute atomic E-state index is 0.0519. The lowest BCUT2D eigenvalue weighted by Gasteiger charge is -2.19. The number of carbonyl (C=O) groups excluding carboxylic acids is 1. The van der Waals surface area contributed by atoms with Crippen LogP contribution in [-0.4, -0.2) is 15.8 Å². The molecule has 0 aliphatic rings. The van der Waals surface area contributed by atoms with Gasteiger partial charge in [0.25, 0.3) is 0 Å². The van der Waals surface area contributed by atoms with Gasteiger partial charge in [0.1, 0.15) is 11.5 Å². The molecule has 1 atom stereocenters. The molecule has 22 heavy (non-hydrogen) atoms. The third-order valence-electron chi connectivity index (χ3n) is 3.80. The van der Waals surface area contributed by atoms with E-state index in [-0.39, 0.29) is 11.9 Å². The first-order valence-electron chi connectivity index (χ1n) is 7.02. The fourth-order valence-corrected chi connectivity index (χ4v) is 2.63. The zero-order valence-corrected chi connectivity index (χ0v) is 12.1. The third kappa shape index (κ3) is 2.55. The van der Waals surface area contributed by atoms with Gasteiger partial charge in [-0.15, -0.1) is 0 Å². The molecule has 0 radical (unpaired) electrons. The van der Waals surface area contributed by atoms with Crippen LogP contribution in [0.25, 0.3) is 11.1 Å². The Morgan fingerprint density at radius 2 is 1.86 bits per heavy atom. The summed E-state index contributed by atoms with van der Waals surface area (Å²) < 4.78 is 15.0. The normalized spacial score (nSPS) is 12.1. The first-order chi connectivity index (χ1) is 10.7. The number of hydrogen-bond acceptors (Lipinski definition) is 2. The first-order valence-corrected chi connectivity index (χ1v) is 7.02. The molecule has 1 aromatic heterocycles. The van der Waals surface area contributed by atoms with Crippen LogP contribution in [0.3, 0.4) is 0 Å². The van der Waals surface area contributed by atoms with Gasteiger partial charge >= 0.3 is 0 Å². The summed E-state index contributed by atoms with van der Waals surface area (Å²) in [5.74, 6) is -0.257. The summed E-state index contributed by atoms with van der Waals surface area (Å²) in [4.78, 5) is 15.1. The van der Waals surface area contributed by atoms with E-state index < -0.39 is 0 Å². The molecule has 4 heteroatoms. The van der Waals surface area contributed by atoms with Crippen molar-refractivity contribution in [2.24, 2.45) is 0 Å². The molecule has 0 bridgehead atoms. The van der Waals surface area contributed by atoms with Crippen LogP contribution in [0.5, 0.6) is 0 Å². The largest absolute Gasteiger partial charge is 0.321 e. The van der Waals surface area contributed by atoms with Crippen molar-refractivity contribution in [1.29, 1.82) is 0 Å². The van der Waals surface area contributed by atoms with E-state index in [1.165, 1.54) is 12.1 Å². The van der Waals surface area contributed by atoms with Crippen molar-refractivity contribution in [3.63, 3.8) is 0 Å². The van der Waals surface area contributed by atoms with E-state index in [0.717, 1.165) is 23.0 Å². The summed E-state index contributed by atoms with van der Waals surface area (Å²) in [7, 11) is 0. The Labute approximate surface area is 128 Å². The topological polar surface area (TPSA) is 34.9 Å². The number of benzene rings is 2. The maximum absolute atomic E-state index is 13.1. The standard InChI is InChI=1S/C18H15FN2O/c1-13(21-12-20-10-16(21)11-22)17-4-2-3-5-18(17)14-6-8-15(19)9-7-14/h2-13H,1H3/t13-/m0/s1. The predicted molar refractivity (Wildman–Crippen MR) is 83.3 cm³/mol. The lowest BCUT2D eigenvalue weighted by atomic mass is 9.95. The lowest BCUT2D eigenvalue weighted by molar-refractivity contribution is 0.111. The molecule has 0 amide bonds. The van der Waals surface area contributed by atoms with Crippen LogP contribution in [-0.2, 0) is 0 Å². The summed E-state index contributed by atoms with van der Waals surface area (Å²) in [6.07, 6.45) is 3.99. The van der Waals surface area contributed by atoms with E-state index in [1.54, 1.807) is 24.7 Å². The van der Waals surface area contributed by atoms with E-state index >= 15 is 0 Å². The fourth-order valence-electron chi connectivity index (χ4n) is 2.63. The number of halogens is 1. The quantitative estimate of drug-likeness (QED) is 0.679. The van der Waals surface area contributed by atoms with Crippen LogP contribution in [0.15, 0.2) is 61.1 Å². The maximum Gasteiger partial charge on any atom is 0.168 e. The molecule has 0 aliphatic carbocycles. The number of aldehydes is 1. The highest BCUT2D eigenvalue weighted by Gasteiger charge is 2.15. The highest BCUT2D eigenvalue weighted by Crippen LogP contribution is 2.30. The molecular formula is C18H15FN2O. The van der Waals surface area contributed by atoms with Gasteiger partial charge in [0.2, 0.25) is 0 Å². The van der Waals surface area contributed by atoms with Crippen LogP contribution in [0.2, 0.25) is 0 Å². The molecule has 3 nitrogen and oxygen atoms in total. The van der Waals surface area contributed by atoms with Crippen molar-refractivity contribution in [3.8, 4) is 11.1 Å². The zero-order valence-electron chi connectivity index (χ0n) is 12.1. The minimum atomic E-state index is -0.257. The summed E-state index contributed by atoms with van der Waals surface area (Å²) in [5.41, 5.74) is 3.54. The van der Waals surface area contributed by atoms with Crippen molar-refractivity contribution in [3.05, 3.63) is 78.1 Å². The third-order valence-corrected chi connectivity index (χ3v) is 3.80. The number of imidazole rings is 1. The average Bonchev–Trinajstić information content (AvgIpc) is 3.03. The van der Waals surface area contributed by atoms with E-state index in [4.69, 9.17) is 0 Å². The van der Waals surface area contributed by atoms with Gasteiger partial charge < -0.3 is 4.57 Å². The Balaban J connectivity index is 2.08. The van der Waals surface area contributed by atoms with Crippen LogP contribution in [0.4, 0.5) is 4.39 Å². The Morgan fingerprint density at radius 3 is 2.59 bits per heavy atom. The number of nitrogens with zero attached hydrogens (tertiary/aromatic N) is 2. The van der Waals surface area contributed by atoms with Crippen molar-refractivity contribution in [1.82, 2.24) is 9.55 Å². The predicted octanol–water partition coefficient (Wildman–Crippen LogP) is 4.11.